The second-order valence-corrected chi connectivity index (χ2v) is 8.09. The molecule has 3 atom stereocenters. The highest BCUT2D eigenvalue weighted by Crippen LogP contribution is 2.31. The van der Waals surface area contributed by atoms with Crippen molar-refractivity contribution in [3.8, 4) is 0 Å². The summed E-state index contributed by atoms with van der Waals surface area (Å²) in [5.41, 5.74) is 8.75. The fraction of sp³-hybridized carbons (Fsp3) is 0.571. The first-order valence-corrected chi connectivity index (χ1v) is 10.2. The van der Waals surface area contributed by atoms with E-state index in [9.17, 15) is 14.4 Å². The number of carbonyl (C=O) groups excluding carboxylic acids is 3. The quantitative estimate of drug-likeness (QED) is 0.693. The Hall–Kier alpha value is -2.29. The van der Waals surface area contributed by atoms with Crippen molar-refractivity contribution in [1.29, 1.82) is 0 Å². The van der Waals surface area contributed by atoms with Gasteiger partial charge in [0.25, 0.3) is 5.91 Å². The minimum absolute atomic E-state index is 0.134. The molecule has 8 nitrogen and oxygen atoms in total. The van der Waals surface area contributed by atoms with E-state index in [2.05, 4.69) is 16.3 Å². The molecule has 1 aromatic carbocycles. The molecule has 0 radical (unpaired) electrons. The van der Waals surface area contributed by atoms with Crippen LogP contribution in [-0.2, 0) is 27.4 Å². The molecule has 0 bridgehead atoms. The Morgan fingerprint density at radius 2 is 2.07 bits per heavy atom. The van der Waals surface area contributed by atoms with Gasteiger partial charge in [0.2, 0.25) is 11.8 Å². The van der Waals surface area contributed by atoms with Gasteiger partial charge in [-0.3, -0.25) is 24.6 Å². The van der Waals surface area contributed by atoms with E-state index in [1.54, 1.807) is 12.0 Å². The lowest BCUT2D eigenvalue weighted by molar-refractivity contribution is -0.136. The SMILES string of the molecule is CO[C@@H]1CCN(Cc2cccc3c2CN(C2CCC(=O)NC2=O)C3=O)[C@H](CN)C1. The standard InChI is InChI=1S/C21H28N4O4/c1-29-15-7-8-24(14(9-15)10-22)11-13-3-2-4-16-17(13)12-25(21(16)28)18-5-6-19(26)23-20(18)27/h2-4,14-15,18H,5-12,22H2,1H3,(H,23,26,27)/t14-,15+,18?/m0/s1. The van der Waals surface area contributed by atoms with Gasteiger partial charge in [0.1, 0.15) is 6.04 Å². The van der Waals surface area contributed by atoms with Gasteiger partial charge in [0, 0.05) is 51.3 Å². The number of nitrogens with two attached hydrogens (primary N) is 1. The fourth-order valence-electron chi connectivity index (χ4n) is 4.75. The van der Waals surface area contributed by atoms with Gasteiger partial charge in [-0.1, -0.05) is 12.1 Å². The molecule has 2 fully saturated rings. The number of rotatable bonds is 5. The number of nitrogens with zero attached hydrogens (tertiary/aromatic N) is 2. The summed E-state index contributed by atoms with van der Waals surface area (Å²) < 4.78 is 5.51. The van der Waals surface area contributed by atoms with Crippen molar-refractivity contribution in [2.45, 2.75) is 57.0 Å². The number of carbonyl (C=O) groups is 3. The number of likely N-dealkylation sites (tertiary alicyclic amines) is 1. The van der Waals surface area contributed by atoms with E-state index in [-0.39, 0.29) is 36.3 Å². The number of nitrogens with one attached hydrogen (secondary N) is 1. The van der Waals surface area contributed by atoms with Gasteiger partial charge in [-0.25, -0.2) is 0 Å². The summed E-state index contributed by atoms with van der Waals surface area (Å²) in [5, 5.41) is 2.35. The Kier molecular flexibility index (Phi) is 5.67. The molecule has 3 aliphatic heterocycles. The maximum atomic E-state index is 13.0. The largest absolute Gasteiger partial charge is 0.381 e. The monoisotopic (exact) mass is 400 g/mol. The first-order chi connectivity index (χ1) is 14.0. The second kappa shape index (κ2) is 8.22. The zero-order valence-electron chi connectivity index (χ0n) is 16.7. The van der Waals surface area contributed by atoms with Crippen molar-refractivity contribution in [2.75, 3.05) is 20.2 Å². The van der Waals surface area contributed by atoms with E-state index in [1.165, 1.54) is 0 Å². The molecule has 2 saturated heterocycles. The molecule has 3 amide bonds. The highest BCUT2D eigenvalue weighted by atomic mass is 16.5. The summed E-state index contributed by atoms with van der Waals surface area (Å²) in [6.07, 6.45) is 2.74. The molecular formula is C21H28N4O4. The van der Waals surface area contributed by atoms with Crippen LogP contribution in [0.15, 0.2) is 18.2 Å². The molecule has 0 aromatic heterocycles. The van der Waals surface area contributed by atoms with E-state index in [0.29, 0.717) is 25.1 Å². The van der Waals surface area contributed by atoms with Crippen LogP contribution in [0.1, 0.15) is 47.2 Å². The molecule has 3 N–H and O–H groups in total. The number of fused-ring (bicyclic) bond motifs is 1. The molecule has 0 aliphatic carbocycles. The van der Waals surface area contributed by atoms with Crippen LogP contribution in [0.2, 0.25) is 0 Å². The topological polar surface area (TPSA) is 105 Å². The molecule has 156 valence electrons. The second-order valence-electron chi connectivity index (χ2n) is 8.09. The van der Waals surface area contributed by atoms with E-state index < -0.39 is 6.04 Å². The highest BCUT2D eigenvalue weighted by molar-refractivity contribution is 6.05. The molecule has 29 heavy (non-hydrogen) atoms. The van der Waals surface area contributed by atoms with Gasteiger partial charge in [0.05, 0.1) is 6.10 Å². The average Bonchev–Trinajstić information content (AvgIpc) is 3.06. The maximum Gasteiger partial charge on any atom is 0.255 e. The zero-order valence-corrected chi connectivity index (χ0v) is 16.7. The Balaban J connectivity index is 1.53. The molecule has 8 heteroatoms. The lowest BCUT2D eigenvalue weighted by atomic mass is 9.96. The van der Waals surface area contributed by atoms with Crippen molar-refractivity contribution in [1.82, 2.24) is 15.1 Å². The Bertz CT molecular complexity index is 827. The molecule has 4 rings (SSSR count). The number of piperidine rings is 2. The molecule has 0 spiro atoms. The van der Waals surface area contributed by atoms with Crippen LogP contribution in [0.25, 0.3) is 0 Å². The number of methoxy groups -OCH3 is 1. The van der Waals surface area contributed by atoms with Gasteiger partial charge in [-0.2, -0.15) is 0 Å². The van der Waals surface area contributed by atoms with Gasteiger partial charge in [-0.05, 0) is 36.5 Å². The molecule has 1 aromatic rings. The predicted molar refractivity (Wildman–Crippen MR) is 106 cm³/mol. The highest BCUT2D eigenvalue weighted by Gasteiger charge is 2.40. The normalized spacial score (nSPS) is 27.9. The zero-order chi connectivity index (χ0) is 20.5. The fourth-order valence-corrected chi connectivity index (χ4v) is 4.75. The third kappa shape index (κ3) is 3.80. The van der Waals surface area contributed by atoms with Crippen LogP contribution in [0.5, 0.6) is 0 Å². The van der Waals surface area contributed by atoms with E-state index >= 15 is 0 Å². The van der Waals surface area contributed by atoms with Crippen molar-refractivity contribution < 1.29 is 19.1 Å². The summed E-state index contributed by atoms with van der Waals surface area (Å²) in [6, 6.07) is 5.43. The third-order valence-corrected chi connectivity index (χ3v) is 6.45. The number of ether oxygens (including phenoxy) is 1. The minimum atomic E-state index is -0.588. The minimum Gasteiger partial charge on any atom is -0.381 e. The van der Waals surface area contributed by atoms with Gasteiger partial charge >= 0.3 is 0 Å². The predicted octanol–water partition coefficient (Wildman–Crippen LogP) is 0.386. The number of amides is 3. The van der Waals surface area contributed by atoms with Crippen LogP contribution < -0.4 is 11.1 Å². The van der Waals surface area contributed by atoms with Gasteiger partial charge < -0.3 is 15.4 Å². The number of hydrogen-bond donors (Lipinski definition) is 2. The van der Waals surface area contributed by atoms with Gasteiger partial charge in [0.15, 0.2) is 0 Å². The lowest BCUT2D eigenvalue weighted by Gasteiger charge is -2.38. The summed E-state index contributed by atoms with van der Waals surface area (Å²) in [5.74, 6) is -0.790. The van der Waals surface area contributed by atoms with Crippen LogP contribution in [0, 0.1) is 0 Å². The average molecular weight is 400 g/mol. The van der Waals surface area contributed by atoms with E-state index in [4.69, 9.17) is 10.5 Å². The molecule has 3 aliphatic rings. The van der Waals surface area contributed by atoms with E-state index in [0.717, 1.165) is 37.1 Å². The summed E-state index contributed by atoms with van der Waals surface area (Å²) in [7, 11) is 1.74. The Morgan fingerprint density at radius 3 is 2.79 bits per heavy atom. The lowest BCUT2D eigenvalue weighted by Crippen LogP contribution is -2.52. The van der Waals surface area contributed by atoms with Crippen LogP contribution >= 0.6 is 0 Å². The summed E-state index contributed by atoms with van der Waals surface area (Å²) in [4.78, 5) is 40.7. The van der Waals surface area contributed by atoms with Crippen molar-refractivity contribution >= 4 is 17.7 Å². The van der Waals surface area contributed by atoms with Crippen molar-refractivity contribution in [3.63, 3.8) is 0 Å². The van der Waals surface area contributed by atoms with Crippen molar-refractivity contribution in [3.05, 3.63) is 34.9 Å². The van der Waals surface area contributed by atoms with E-state index in [1.807, 2.05) is 12.1 Å². The first-order valence-electron chi connectivity index (χ1n) is 10.2. The van der Waals surface area contributed by atoms with Crippen LogP contribution in [-0.4, -0.2) is 65.9 Å². The summed E-state index contributed by atoms with van der Waals surface area (Å²) >= 11 is 0. The van der Waals surface area contributed by atoms with Crippen LogP contribution in [0.4, 0.5) is 0 Å². The molecule has 0 saturated carbocycles. The summed E-state index contributed by atoms with van der Waals surface area (Å²) in [6.45, 7) is 2.58. The number of hydrogen-bond acceptors (Lipinski definition) is 6. The molecule has 3 heterocycles. The Labute approximate surface area is 170 Å². The number of benzene rings is 1. The first kappa shape index (κ1) is 20.0. The maximum absolute atomic E-state index is 13.0. The molecular weight excluding hydrogens is 372 g/mol. The van der Waals surface area contributed by atoms with Crippen molar-refractivity contribution in [2.24, 2.45) is 5.73 Å². The Morgan fingerprint density at radius 1 is 1.24 bits per heavy atom. The third-order valence-electron chi connectivity index (χ3n) is 6.45. The van der Waals surface area contributed by atoms with Crippen LogP contribution in [0.3, 0.4) is 0 Å². The van der Waals surface area contributed by atoms with Gasteiger partial charge in [-0.15, -0.1) is 0 Å². The smallest absolute Gasteiger partial charge is 0.255 e. The molecule has 1 unspecified atom stereocenters. The number of imide groups is 1.